The van der Waals surface area contributed by atoms with Crippen molar-refractivity contribution in [3.63, 3.8) is 0 Å². The zero-order chi connectivity index (χ0) is 16.2. The van der Waals surface area contributed by atoms with E-state index < -0.39 is 0 Å². The molecule has 1 heterocycles. The molecule has 0 unspecified atom stereocenters. The topological polar surface area (TPSA) is 49.4 Å². The van der Waals surface area contributed by atoms with Crippen LogP contribution in [0.2, 0.25) is 0 Å². The van der Waals surface area contributed by atoms with Gasteiger partial charge in [0, 0.05) is 35.1 Å². The molecule has 2 amide bonds. The van der Waals surface area contributed by atoms with Gasteiger partial charge in [0.15, 0.2) is 0 Å². The molecule has 1 aliphatic carbocycles. The predicted octanol–water partition coefficient (Wildman–Crippen LogP) is 3.82. The van der Waals surface area contributed by atoms with E-state index >= 15 is 0 Å². The maximum Gasteiger partial charge on any atom is 0.227 e. The van der Waals surface area contributed by atoms with Crippen molar-refractivity contribution < 1.29 is 9.59 Å². The number of hydrogen-bond donors (Lipinski definition) is 1. The Labute approximate surface area is 145 Å². The lowest BCUT2D eigenvalue weighted by atomic mass is 9.81. The highest BCUT2D eigenvalue weighted by atomic mass is 79.9. The van der Waals surface area contributed by atoms with Crippen LogP contribution in [-0.2, 0) is 9.59 Å². The molecular weight excluding hydrogens is 356 g/mol. The minimum atomic E-state index is 0.0246. The first-order valence-electron chi connectivity index (χ1n) is 8.49. The van der Waals surface area contributed by atoms with E-state index in [-0.39, 0.29) is 17.7 Å². The Morgan fingerprint density at radius 3 is 2.35 bits per heavy atom. The Kier molecular flexibility index (Phi) is 5.36. The molecule has 2 aliphatic rings. The van der Waals surface area contributed by atoms with E-state index in [1.807, 2.05) is 29.2 Å². The van der Waals surface area contributed by atoms with Gasteiger partial charge in [0.05, 0.1) is 0 Å². The van der Waals surface area contributed by atoms with Crippen molar-refractivity contribution in [2.24, 2.45) is 11.8 Å². The number of carbonyl (C=O) groups is 2. The van der Waals surface area contributed by atoms with E-state index in [4.69, 9.17) is 0 Å². The second-order valence-corrected chi connectivity index (χ2v) is 7.50. The van der Waals surface area contributed by atoms with Crippen LogP contribution in [0.15, 0.2) is 28.7 Å². The van der Waals surface area contributed by atoms with E-state index in [9.17, 15) is 9.59 Å². The molecular formula is C18H23BrN2O2. The molecule has 0 bridgehead atoms. The monoisotopic (exact) mass is 378 g/mol. The number of likely N-dealkylation sites (tertiary alicyclic amines) is 1. The molecule has 0 aromatic heterocycles. The molecule has 4 nitrogen and oxygen atoms in total. The number of nitrogens with zero attached hydrogens (tertiary/aromatic N) is 1. The Balaban J connectivity index is 1.50. The SMILES string of the molecule is O=C(Nc1cccc(Br)c1)C1CCC(C(=O)N2CCCC2)CC1. The molecule has 1 saturated heterocycles. The summed E-state index contributed by atoms with van der Waals surface area (Å²) in [6.07, 6.45) is 5.57. The number of carbonyl (C=O) groups excluding carboxylic acids is 2. The summed E-state index contributed by atoms with van der Waals surface area (Å²) in [5.74, 6) is 0.545. The molecule has 5 heteroatoms. The van der Waals surface area contributed by atoms with Crippen molar-refractivity contribution in [1.29, 1.82) is 0 Å². The highest BCUT2D eigenvalue weighted by molar-refractivity contribution is 9.10. The first kappa shape index (κ1) is 16.5. The Morgan fingerprint density at radius 1 is 1.04 bits per heavy atom. The molecule has 124 valence electrons. The Morgan fingerprint density at radius 2 is 1.70 bits per heavy atom. The van der Waals surface area contributed by atoms with Crippen molar-refractivity contribution in [3.8, 4) is 0 Å². The molecule has 0 atom stereocenters. The summed E-state index contributed by atoms with van der Waals surface area (Å²) in [7, 11) is 0. The summed E-state index contributed by atoms with van der Waals surface area (Å²) in [6.45, 7) is 1.84. The molecule has 1 aromatic rings. The average Bonchev–Trinajstić information content (AvgIpc) is 3.09. The van der Waals surface area contributed by atoms with Gasteiger partial charge in [-0.2, -0.15) is 0 Å². The van der Waals surface area contributed by atoms with Crippen molar-refractivity contribution in [2.75, 3.05) is 18.4 Å². The fourth-order valence-corrected chi connectivity index (χ4v) is 4.01. The average molecular weight is 379 g/mol. The zero-order valence-electron chi connectivity index (χ0n) is 13.3. The number of nitrogens with one attached hydrogen (secondary N) is 1. The van der Waals surface area contributed by atoms with Crippen molar-refractivity contribution in [3.05, 3.63) is 28.7 Å². The van der Waals surface area contributed by atoms with Gasteiger partial charge < -0.3 is 10.2 Å². The third-order valence-corrected chi connectivity index (χ3v) is 5.45. The van der Waals surface area contributed by atoms with Gasteiger partial charge in [-0.3, -0.25) is 9.59 Å². The van der Waals surface area contributed by atoms with Gasteiger partial charge in [0.2, 0.25) is 11.8 Å². The van der Waals surface area contributed by atoms with Gasteiger partial charge in [0.1, 0.15) is 0 Å². The van der Waals surface area contributed by atoms with E-state index in [0.717, 1.165) is 61.8 Å². The summed E-state index contributed by atoms with van der Waals surface area (Å²) < 4.78 is 0.954. The maximum absolute atomic E-state index is 12.4. The first-order chi connectivity index (χ1) is 11.1. The molecule has 3 rings (SSSR count). The third-order valence-electron chi connectivity index (χ3n) is 4.96. The molecule has 1 N–H and O–H groups in total. The van der Waals surface area contributed by atoms with Gasteiger partial charge in [-0.1, -0.05) is 22.0 Å². The smallest absolute Gasteiger partial charge is 0.227 e. The van der Waals surface area contributed by atoms with Crippen LogP contribution in [-0.4, -0.2) is 29.8 Å². The Bertz CT molecular complexity index is 576. The third kappa shape index (κ3) is 4.14. The van der Waals surface area contributed by atoms with Gasteiger partial charge in [-0.15, -0.1) is 0 Å². The van der Waals surface area contributed by atoms with E-state index in [0.29, 0.717) is 5.91 Å². The summed E-state index contributed by atoms with van der Waals surface area (Å²) >= 11 is 3.41. The van der Waals surface area contributed by atoms with Crippen LogP contribution in [0, 0.1) is 11.8 Å². The minimum Gasteiger partial charge on any atom is -0.342 e. The largest absolute Gasteiger partial charge is 0.342 e. The van der Waals surface area contributed by atoms with Gasteiger partial charge >= 0.3 is 0 Å². The van der Waals surface area contributed by atoms with E-state index in [2.05, 4.69) is 21.2 Å². The van der Waals surface area contributed by atoms with Crippen LogP contribution in [0.1, 0.15) is 38.5 Å². The number of benzene rings is 1. The van der Waals surface area contributed by atoms with Crippen LogP contribution < -0.4 is 5.32 Å². The number of halogens is 1. The number of hydrogen-bond acceptors (Lipinski definition) is 2. The number of anilines is 1. The van der Waals surface area contributed by atoms with Crippen LogP contribution in [0.5, 0.6) is 0 Å². The second-order valence-electron chi connectivity index (χ2n) is 6.58. The predicted molar refractivity (Wildman–Crippen MR) is 94.0 cm³/mol. The molecule has 1 saturated carbocycles. The quantitative estimate of drug-likeness (QED) is 0.868. The van der Waals surface area contributed by atoms with E-state index in [1.54, 1.807) is 0 Å². The van der Waals surface area contributed by atoms with Crippen LogP contribution in [0.4, 0.5) is 5.69 Å². The summed E-state index contributed by atoms with van der Waals surface area (Å²) in [6, 6.07) is 7.64. The zero-order valence-corrected chi connectivity index (χ0v) is 14.8. The van der Waals surface area contributed by atoms with Crippen molar-refractivity contribution in [1.82, 2.24) is 4.90 Å². The fourth-order valence-electron chi connectivity index (χ4n) is 3.61. The highest BCUT2D eigenvalue weighted by Gasteiger charge is 2.32. The van der Waals surface area contributed by atoms with Gasteiger partial charge in [0.25, 0.3) is 0 Å². The normalized spacial score (nSPS) is 24.5. The highest BCUT2D eigenvalue weighted by Crippen LogP contribution is 2.31. The minimum absolute atomic E-state index is 0.0246. The van der Waals surface area contributed by atoms with Crippen molar-refractivity contribution in [2.45, 2.75) is 38.5 Å². The standard InChI is InChI=1S/C18H23BrN2O2/c19-15-4-3-5-16(12-15)20-17(22)13-6-8-14(9-7-13)18(23)21-10-1-2-11-21/h3-5,12-14H,1-2,6-11H2,(H,20,22). The maximum atomic E-state index is 12.4. The lowest BCUT2D eigenvalue weighted by molar-refractivity contribution is -0.136. The van der Waals surface area contributed by atoms with Crippen molar-refractivity contribution >= 4 is 33.4 Å². The lowest BCUT2D eigenvalue weighted by Crippen LogP contribution is -2.37. The number of amides is 2. The summed E-state index contributed by atoms with van der Waals surface area (Å²) in [5.41, 5.74) is 0.819. The number of rotatable bonds is 3. The van der Waals surface area contributed by atoms with Crippen LogP contribution in [0.3, 0.4) is 0 Å². The first-order valence-corrected chi connectivity index (χ1v) is 9.28. The molecule has 2 fully saturated rings. The fraction of sp³-hybridized carbons (Fsp3) is 0.556. The van der Waals surface area contributed by atoms with Gasteiger partial charge in [-0.25, -0.2) is 0 Å². The van der Waals surface area contributed by atoms with Crippen LogP contribution in [0.25, 0.3) is 0 Å². The molecule has 1 aromatic carbocycles. The van der Waals surface area contributed by atoms with Crippen LogP contribution >= 0.6 is 15.9 Å². The summed E-state index contributed by atoms with van der Waals surface area (Å²) in [5, 5.41) is 2.99. The Hall–Kier alpha value is -1.36. The molecule has 23 heavy (non-hydrogen) atoms. The summed E-state index contributed by atoms with van der Waals surface area (Å²) in [4.78, 5) is 26.8. The molecule has 0 radical (unpaired) electrons. The van der Waals surface area contributed by atoms with Gasteiger partial charge in [-0.05, 0) is 56.7 Å². The lowest BCUT2D eigenvalue weighted by Gasteiger charge is -2.29. The molecule has 0 spiro atoms. The van der Waals surface area contributed by atoms with E-state index in [1.165, 1.54) is 0 Å². The molecule has 1 aliphatic heterocycles. The second kappa shape index (κ2) is 7.47.